The molecule has 4 atom stereocenters. The summed E-state index contributed by atoms with van der Waals surface area (Å²) in [5.41, 5.74) is 0.427. The Labute approximate surface area is 117 Å². The Kier molecular flexibility index (Phi) is 4.54. The third kappa shape index (κ3) is 4.20. The highest BCUT2D eigenvalue weighted by atomic mass is 16.4. The van der Waals surface area contributed by atoms with Crippen LogP contribution in [0.3, 0.4) is 0 Å². The fourth-order valence-electron chi connectivity index (χ4n) is 4.37. The van der Waals surface area contributed by atoms with E-state index in [2.05, 4.69) is 26.1 Å². The highest BCUT2D eigenvalue weighted by Gasteiger charge is 2.34. The molecule has 0 aromatic heterocycles. The molecule has 2 fully saturated rings. The first-order chi connectivity index (χ1) is 8.85. The van der Waals surface area contributed by atoms with Crippen LogP contribution in [0.15, 0.2) is 0 Å². The van der Waals surface area contributed by atoms with Gasteiger partial charge in [0, 0.05) is 12.1 Å². The highest BCUT2D eigenvalue weighted by Crippen LogP contribution is 2.39. The third-order valence-electron chi connectivity index (χ3n) is 4.88. The molecule has 0 aromatic carbocycles. The van der Waals surface area contributed by atoms with E-state index in [0.29, 0.717) is 17.5 Å². The molecule has 0 heterocycles. The minimum absolute atomic E-state index is 0.125. The SMILES string of the molecule is CC1CC(NC2CCCC(C(=O)O)C2)CC(C)(C)C1. The van der Waals surface area contributed by atoms with Crippen molar-refractivity contribution in [3.8, 4) is 0 Å². The molecule has 0 radical (unpaired) electrons. The van der Waals surface area contributed by atoms with E-state index in [9.17, 15) is 4.79 Å². The zero-order chi connectivity index (χ0) is 14.0. The molecule has 19 heavy (non-hydrogen) atoms. The van der Waals surface area contributed by atoms with Crippen molar-refractivity contribution in [2.75, 3.05) is 0 Å². The number of carbonyl (C=O) groups is 1. The van der Waals surface area contributed by atoms with Crippen LogP contribution in [0, 0.1) is 17.3 Å². The molecule has 4 unspecified atom stereocenters. The second-order valence-corrected chi connectivity index (χ2v) is 7.68. The number of nitrogens with one attached hydrogen (secondary N) is 1. The summed E-state index contributed by atoms with van der Waals surface area (Å²) in [7, 11) is 0. The number of hydrogen-bond acceptors (Lipinski definition) is 2. The Hall–Kier alpha value is -0.570. The van der Waals surface area contributed by atoms with E-state index < -0.39 is 5.97 Å². The van der Waals surface area contributed by atoms with Crippen LogP contribution in [0.1, 0.15) is 65.7 Å². The van der Waals surface area contributed by atoms with E-state index >= 15 is 0 Å². The van der Waals surface area contributed by atoms with Crippen molar-refractivity contribution in [3.63, 3.8) is 0 Å². The Morgan fingerprint density at radius 2 is 1.89 bits per heavy atom. The van der Waals surface area contributed by atoms with Crippen LogP contribution in [-0.2, 0) is 4.79 Å². The summed E-state index contributed by atoms with van der Waals surface area (Å²) in [4.78, 5) is 11.1. The summed E-state index contributed by atoms with van der Waals surface area (Å²) >= 11 is 0. The van der Waals surface area contributed by atoms with Gasteiger partial charge >= 0.3 is 5.97 Å². The summed E-state index contributed by atoms with van der Waals surface area (Å²) < 4.78 is 0. The number of carboxylic acid groups (broad SMARTS) is 1. The minimum atomic E-state index is -0.608. The Morgan fingerprint density at radius 3 is 2.53 bits per heavy atom. The fraction of sp³-hybridized carbons (Fsp3) is 0.938. The van der Waals surface area contributed by atoms with Crippen LogP contribution in [0.25, 0.3) is 0 Å². The van der Waals surface area contributed by atoms with E-state index in [-0.39, 0.29) is 5.92 Å². The van der Waals surface area contributed by atoms with Gasteiger partial charge in [0.25, 0.3) is 0 Å². The van der Waals surface area contributed by atoms with Crippen LogP contribution >= 0.6 is 0 Å². The zero-order valence-electron chi connectivity index (χ0n) is 12.6. The molecule has 0 saturated heterocycles. The lowest BCUT2D eigenvalue weighted by molar-refractivity contribution is -0.143. The molecule has 0 bridgehead atoms. The molecular weight excluding hydrogens is 238 g/mol. The third-order valence-corrected chi connectivity index (χ3v) is 4.88. The first kappa shape index (κ1) is 14.8. The van der Waals surface area contributed by atoms with Crippen molar-refractivity contribution in [2.24, 2.45) is 17.3 Å². The molecule has 2 aliphatic carbocycles. The van der Waals surface area contributed by atoms with Crippen LogP contribution < -0.4 is 5.32 Å². The summed E-state index contributed by atoms with van der Waals surface area (Å²) in [6.07, 6.45) is 7.67. The fourth-order valence-corrected chi connectivity index (χ4v) is 4.37. The van der Waals surface area contributed by atoms with Crippen molar-refractivity contribution >= 4 is 5.97 Å². The standard InChI is InChI=1S/C16H29NO2/c1-11-7-14(10-16(2,3)9-11)17-13-6-4-5-12(8-13)15(18)19/h11-14,17H,4-10H2,1-3H3,(H,18,19). The largest absolute Gasteiger partial charge is 0.481 e. The molecule has 2 rings (SSSR count). The normalized spacial score (nSPS) is 38.9. The predicted molar refractivity (Wildman–Crippen MR) is 77.1 cm³/mol. The number of hydrogen-bond donors (Lipinski definition) is 2. The van der Waals surface area contributed by atoms with Gasteiger partial charge in [0.1, 0.15) is 0 Å². The Morgan fingerprint density at radius 1 is 1.16 bits per heavy atom. The lowest BCUT2D eigenvalue weighted by Crippen LogP contribution is -2.47. The van der Waals surface area contributed by atoms with Gasteiger partial charge in [-0.1, -0.05) is 27.2 Å². The van der Waals surface area contributed by atoms with Gasteiger partial charge in [-0.3, -0.25) is 4.79 Å². The van der Waals surface area contributed by atoms with Gasteiger partial charge in [0.05, 0.1) is 5.92 Å². The monoisotopic (exact) mass is 267 g/mol. The molecule has 3 heteroatoms. The summed E-state index contributed by atoms with van der Waals surface area (Å²) in [6, 6.07) is 0.997. The maximum absolute atomic E-state index is 11.1. The van der Waals surface area contributed by atoms with Crippen molar-refractivity contribution in [3.05, 3.63) is 0 Å². The topological polar surface area (TPSA) is 49.3 Å². The first-order valence-electron chi connectivity index (χ1n) is 7.84. The number of rotatable bonds is 3. The van der Waals surface area contributed by atoms with Crippen LogP contribution in [0.4, 0.5) is 0 Å². The van der Waals surface area contributed by atoms with Gasteiger partial charge in [-0.05, 0) is 49.9 Å². The Balaban J connectivity index is 1.88. The minimum Gasteiger partial charge on any atom is -0.481 e. The van der Waals surface area contributed by atoms with Crippen molar-refractivity contribution in [1.29, 1.82) is 0 Å². The van der Waals surface area contributed by atoms with Gasteiger partial charge in [-0.25, -0.2) is 0 Å². The van der Waals surface area contributed by atoms with Crippen LogP contribution in [-0.4, -0.2) is 23.2 Å². The smallest absolute Gasteiger partial charge is 0.306 e. The van der Waals surface area contributed by atoms with Crippen molar-refractivity contribution in [1.82, 2.24) is 5.32 Å². The molecule has 0 aliphatic heterocycles. The summed E-state index contributed by atoms with van der Waals surface area (Å²) in [5, 5.41) is 12.9. The van der Waals surface area contributed by atoms with Crippen molar-refractivity contribution in [2.45, 2.75) is 77.8 Å². The van der Waals surface area contributed by atoms with Crippen LogP contribution in [0.5, 0.6) is 0 Å². The molecule has 3 nitrogen and oxygen atoms in total. The lowest BCUT2D eigenvalue weighted by atomic mass is 9.70. The maximum atomic E-state index is 11.1. The van der Waals surface area contributed by atoms with Crippen molar-refractivity contribution < 1.29 is 9.90 Å². The van der Waals surface area contributed by atoms with Gasteiger partial charge in [-0.15, -0.1) is 0 Å². The molecule has 0 aromatic rings. The average molecular weight is 267 g/mol. The Bertz CT molecular complexity index is 327. The second-order valence-electron chi connectivity index (χ2n) is 7.68. The summed E-state index contributed by atoms with van der Waals surface area (Å²) in [6.45, 7) is 7.06. The first-order valence-corrected chi connectivity index (χ1v) is 7.84. The zero-order valence-corrected chi connectivity index (χ0v) is 12.6. The maximum Gasteiger partial charge on any atom is 0.306 e. The molecule has 2 saturated carbocycles. The lowest BCUT2D eigenvalue weighted by Gasteiger charge is -2.41. The molecule has 110 valence electrons. The van der Waals surface area contributed by atoms with E-state index in [0.717, 1.165) is 31.6 Å². The van der Waals surface area contributed by atoms with Gasteiger partial charge in [-0.2, -0.15) is 0 Å². The summed E-state index contributed by atoms with van der Waals surface area (Å²) in [5.74, 6) is 0.0456. The molecule has 0 amide bonds. The van der Waals surface area contributed by atoms with Crippen LogP contribution in [0.2, 0.25) is 0 Å². The molecule has 2 aliphatic rings. The molecular formula is C16H29NO2. The van der Waals surface area contributed by atoms with Gasteiger partial charge < -0.3 is 10.4 Å². The van der Waals surface area contributed by atoms with Gasteiger partial charge in [0.2, 0.25) is 0 Å². The van der Waals surface area contributed by atoms with E-state index in [1.165, 1.54) is 19.3 Å². The number of carboxylic acids is 1. The molecule has 2 N–H and O–H groups in total. The van der Waals surface area contributed by atoms with E-state index in [1.54, 1.807) is 0 Å². The quantitative estimate of drug-likeness (QED) is 0.823. The second kappa shape index (κ2) is 5.82. The van der Waals surface area contributed by atoms with E-state index in [4.69, 9.17) is 5.11 Å². The highest BCUT2D eigenvalue weighted by molar-refractivity contribution is 5.70. The number of aliphatic carboxylic acids is 1. The van der Waals surface area contributed by atoms with E-state index in [1.807, 2.05) is 0 Å². The molecule has 0 spiro atoms. The average Bonchev–Trinajstić information content (AvgIpc) is 2.26. The predicted octanol–water partition coefficient (Wildman–Crippen LogP) is 3.43. The van der Waals surface area contributed by atoms with Gasteiger partial charge in [0.15, 0.2) is 0 Å².